The Hall–Kier alpha value is -3.19. The monoisotopic (exact) mass is 424 g/mol. The van der Waals surface area contributed by atoms with Crippen molar-refractivity contribution < 1.29 is 13.9 Å². The molecule has 2 aromatic carbocycles. The van der Waals surface area contributed by atoms with E-state index >= 15 is 0 Å². The molecule has 3 aromatic rings. The Morgan fingerprint density at radius 3 is 2.61 bits per heavy atom. The van der Waals surface area contributed by atoms with E-state index in [4.69, 9.17) is 4.74 Å². The lowest BCUT2D eigenvalue weighted by Crippen LogP contribution is -2.31. The summed E-state index contributed by atoms with van der Waals surface area (Å²) in [7, 11) is 3.95. The predicted octanol–water partition coefficient (Wildman–Crippen LogP) is 4.10. The predicted molar refractivity (Wildman–Crippen MR) is 119 cm³/mol. The van der Waals surface area contributed by atoms with Crippen LogP contribution in [0, 0.1) is 19.7 Å². The molecule has 1 amide bonds. The Kier molecular flexibility index (Phi) is 7.41. The highest BCUT2D eigenvalue weighted by Crippen LogP contribution is 2.20. The fraction of sp³-hybridized carbons (Fsp3) is 0.333. The summed E-state index contributed by atoms with van der Waals surface area (Å²) in [6, 6.07) is 13.7. The number of rotatable bonds is 9. The van der Waals surface area contributed by atoms with Gasteiger partial charge in [0.2, 0.25) is 0 Å². The number of hydrogen-bond acceptors (Lipinski definition) is 4. The Morgan fingerprint density at radius 1 is 1.16 bits per heavy atom. The normalized spacial score (nSPS) is 12.1. The van der Waals surface area contributed by atoms with Gasteiger partial charge in [-0.05, 0) is 81.9 Å². The first kappa shape index (κ1) is 22.5. The minimum atomic E-state index is -0.302. The van der Waals surface area contributed by atoms with Crippen LogP contribution >= 0.6 is 0 Å². The van der Waals surface area contributed by atoms with Gasteiger partial charge in [-0.15, -0.1) is 0 Å². The first-order valence-electron chi connectivity index (χ1n) is 10.3. The third-order valence-electron chi connectivity index (χ3n) is 5.01. The number of amides is 1. The van der Waals surface area contributed by atoms with E-state index in [-0.39, 0.29) is 24.5 Å². The molecule has 0 fully saturated rings. The van der Waals surface area contributed by atoms with Gasteiger partial charge >= 0.3 is 0 Å². The second kappa shape index (κ2) is 10.2. The number of nitrogens with zero attached hydrogens (tertiary/aromatic N) is 3. The minimum absolute atomic E-state index is 0.208. The number of nitrogens with one attached hydrogen (secondary N) is 1. The minimum Gasteiger partial charge on any atom is -0.471 e. The Bertz CT molecular complexity index is 1010. The van der Waals surface area contributed by atoms with E-state index in [1.807, 2.05) is 51.0 Å². The molecule has 0 aliphatic rings. The largest absolute Gasteiger partial charge is 0.471 e. The van der Waals surface area contributed by atoms with Crippen LogP contribution < -0.4 is 10.1 Å². The molecule has 1 unspecified atom stereocenters. The number of hydrogen-bond donors (Lipinski definition) is 1. The zero-order valence-corrected chi connectivity index (χ0v) is 18.4. The van der Waals surface area contributed by atoms with Crippen LogP contribution in [0.25, 0.3) is 0 Å². The molecule has 31 heavy (non-hydrogen) atoms. The summed E-state index contributed by atoms with van der Waals surface area (Å²) >= 11 is 0. The van der Waals surface area contributed by atoms with Gasteiger partial charge in [-0.3, -0.25) is 4.79 Å². The molecule has 3 rings (SSSR count). The van der Waals surface area contributed by atoms with Crippen LogP contribution in [0.4, 0.5) is 4.39 Å². The lowest BCUT2D eigenvalue weighted by Gasteiger charge is -2.21. The molecule has 1 N–H and O–H groups in total. The van der Waals surface area contributed by atoms with Crippen LogP contribution in [0.3, 0.4) is 0 Å². The number of ether oxygens (including phenoxy) is 1. The molecule has 1 atom stereocenters. The van der Waals surface area contributed by atoms with Gasteiger partial charge < -0.3 is 15.0 Å². The smallest absolute Gasteiger partial charge is 0.272 e. The topological polar surface area (TPSA) is 59.4 Å². The fourth-order valence-corrected chi connectivity index (χ4v) is 3.19. The van der Waals surface area contributed by atoms with Crippen LogP contribution in [0.5, 0.6) is 5.75 Å². The first-order valence-corrected chi connectivity index (χ1v) is 10.3. The maximum Gasteiger partial charge on any atom is 0.272 e. The number of halogens is 1. The molecular formula is C24H29FN4O2. The zero-order chi connectivity index (χ0) is 22.4. The van der Waals surface area contributed by atoms with Gasteiger partial charge in [-0.1, -0.05) is 24.3 Å². The molecule has 0 radical (unpaired) electrons. The van der Waals surface area contributed by atoms with Gasteiger partial charge in [0.05, 0.1) is 6.04 Å². The van der Waals surface area contributed by atoms with E-state index < -0.39 is 0 Å². The van der Waals surface area contributed by atoms with Crippen LogP contribution in [0.2, 0.25) is 0 Å². The lowest BCUT2D eigenvalue weighted by molar-refractivity contribution is 0.0925. The summed E-state index contributed by atoms with van der Waals surface area (Å²) in [5, 5.41) is 7.37. The van der Waals surface area contributed by atoms with E-state index in [2.05, 4.69) is 10.4 Å². The van der Waals surface area contributed by atoms with Crippen LogP contribution in [-0.4, -0.2) is 41.2 Å². The molecule has 0 saturated heterocycles. The summed E-state index contributed by atoms with van der Waals surface area (Å²) in [5.74, 6) is 0.212. The molecule has 0 bridgehead atoms. The number of carbonyl (C=O) groups is 1. The van der Waals surface area contributed by atoms with Crippen molar-refractivity contribution in [3.63, 3.8) is 0 Å². The van der Waals surface area contributed by atoms with E-state index in [0.29, 0.717) is 12.1 Å². The van der Waals surface area contributed by atoms with Gasteiger partial charge in [-0.25, -0.2) is 9.07 Å². The molecule has 164 valence electrons. The lowest BCUT2D eigenvalue weighted by atomic mass is 10.0. The second-order valence-corrected chi connectivity index (χ2v) is 7.95. The maximum atomic E-state index is 13.3. The summed E-state index contributed by atoms with van der Waals surface area (Å²) in [5.41, 5.74) is 3.32. The van der Waals surface area contributed by atoms with Crippen LogP contribution in [-0.2, 0) is 6.73 Å². The molecular weight excluding hydrogens is 395 g/mol. The van der Waals surface area contributed by atoms with Crippen molar-refractivity contribution in [3.8, 4) is 5.75 Å². The fourth-order valence-electron chi connectivity index (χ4n) is 3.19. The highest BCUT2D eigenvalue weighted by molar-refractivity contribution is 5.92. The van der Waals surface area contributed by atoms with Gasteiger partial charge in [0.15, 0.2) is 6.73 Å². The van der Waals surface area contributed by atoms with Crippen molar-refractivity contribution in [2.45, 2.75) is 33.0 Å². The third-order valence-corrected chi connectivity index (χ3v) is 5.01. The maximum absolute atomic E-state index is 13.3. The van der Waals surface area contributed by atoms with Gasteiger partial charge in [-0.2, -0.15) is 5.10 Å². The zero-order valence-electron chi connectivity index (χ0n) is 18.4. The standard InChI is InChI=1S/C24H29FN4O2/c1-17-5-6-18(2)23(15-17)31-16-29-14-12-22(27-29)24(30)26-21(11-13-28(3)4)19-7-9-20(25)10-8-19/h5-10,12,14-15,21H,11,13,16H2,1-4H3,(H,26,30). The summed E-state index contributed by atoms with van der Waals surface area (Å²) in [6.45, 7) is 4.98. The highest BCUT2D eigenvalue weighted by Gasteiger charge is 2.18. The number of aromatic nitrogens is 2. The van der Waals surface area contributed by atoms with Crippen LogP contribution in [0.15, 0.2) is 54.7 Å². The van der Waals surface area contributed by atoms with Crippen LogP contribution in [0.1, 0.15) is 39.6 Å². The second-order valence-electron chi connectivity index (χ2n) is 7.95. The average Bonchev–Trinajstić information content (AvgIpc) is 3.21. The highest BCUT2D eigenvalue weighted by atomic mass is 19.1. The molecule has 1 heterocycles. The molecule has 7 heteroatoms. The van der Waals surface area contributed by atoms with Gasteiger partial charge in [0.25, 0.3) is 5.91 Å². The molecule has 1 aromatic heterocycles. The van der Waals surface area contributed by atoms with Crippen molar-refractivity contribution in [3.05, 3.63) is 82.9 Å². The Morgan fingerprint density at radius 2 is 1.90 bits per heavy atom. The molecule has 0 spiro atoms. The number of aryl methyl sites for hydroxylation is 2. The van der Waals surface area contributed by atoms with Crippen molar-refractivity contribution >= 4 is 5.91 Å². The van der Waals surface area contributed by atoms with E-state index in [1.165, 1.54) is 12.1 Å². The van der Waals surface area contributed by atoms with Crippen molar-refractivity contribution in [2.75, 3.05) is 20.6 Å². The molecule has 0 aliphatic carbocycles. The van der Waals surface area contributed by atoms with Gasteiger partial charge in [0.1, 0.15) is 17.3 Å². The number of carbonyl (C=O) groups excluding carboxylic acids is 1. The van der Waals surface area contributed by atoms with Crippen molar-refractivity contribution in [1.82, 2.24) is 20.0 Å². The SMILES string of the molecule is Cc1ccc(C)c(OCn2ccc(C(=O)NC(CCN(C)C)c3ccc(F)cc3)n2)c1. The Balaban J connectivity index is 1.66. The van der Waals surface area contributed by atoms with Crippen molar-refractivity contribution in [2.24, 2.45) is 0 Å². The molecule has 0 saturated carbocycles. The van der Waals surface area contributed by atoms with Gasteiger partial charge in [0, 0.05) is 6.20 Å². The van der Waals surface area contributed by atoms with E-state index in [0.717, 1.165) is 29.0 Å². The summed E-state index contributed by atoms with van der Waals surface area (Å²) in [4.78, 5) is 14.9. The third kappa shape index (κ3) is 6.39. The Labute approximate surface area is 182 Å². The number of benzene rings is 2. The van der Waals surface area contributed by atoms with Crippen molar-refractivity contribution in [1.29, 1.82) is 0 Å². The van der Waals surface area contributed by atoms with E-state index in [9.17, 15) is 9.18 Å². The quantitative estimate of drug-likeness (QED) is 0.562. The average molecular weight is 425 g/mol. The van der Waals surface area contributed by atoms with E-state index in [1.54, 1.807) is 29.1 Å². The molecule has 6 nitrogen and oxygen atoms in total. The summed E-state index contributed by atoms with van der Waals surface area (Å²) < 4.78 is 20.8. The first-order chi connectivity index (χ1) is 14.8. The molecule has 0 aliphatic heterocycles. The summed E-state index contributed by atoms with van der Waals surface area (Å²) in [6.07, 6.45) is 2.41.